The number of nitrogens with zero attached hydrogens (tertiary/aromatic N) is 1. The Hall–Kier alpha value is -1.67. The molecule has 1 saturated carbocycles. The maximum absolute atomic E-state index is 12.4. The molecule has 1 aliphatic carbocycles. The summed E-state index contributed by atoms with van der Waals surface area (Å²) in [6.07, 6.45) is 3.89. The smallest absolute Gasteiger partial charge is 0.271 e. The molecule has 0 spiro atoms. The number of rotatable bonds is 4. The van der Waals surface area contributed by atoms with Gasteiger partial charge in [-0.25, -0.2) is 13.1 Å². The Bertz CT molecular complexity index is 645. The van der Waals surface area contributed by atoms with Gasteiger partial charge in [-0.3, -0.25) is 10.1 Å². The van der Waals surface area contributed by atoms with E-state index in [1.165, 1.54) is 6.07 Å². The lowest BCUT2D eigenvalue weighted by Gasteiger charge is -2.29. The number of nitrogens with two attached hydrogens (primary N) is 1. The minimum Gasteiger partial charge on any atom is -0.397 e. The summed E-state index contributed by atoms with van der Waals surface area (Å²) in [4.78, 5) is 9.95. The van der Waals surface area contributed by atoms with Gasteiger partial charge in [-0.2, -0.15) is 0 Å². The highest BCUT2D eigenvalue weighted by atomic mass is 32.2. The van der Waals surface area contributed by atoms with Crippen LogP contribution in [0.1, 0.15) is 32.6 Å². The first-order valence-electron chi connectivity index (χ1n) is 6.87. The number of nitro groups is 1. The van der Waals surface area contributed by atoms with Gasteiger partial charge in [0.15, 0.2) is 0 Å². The molecule has 2 unspecified atom stereocenters. The molecule has 8 heteroatoms. The number of nitrogen functional groups attached to an aromatic ring is 1. The Kier molecular flexibility index (Phi) is 4.48. The number of hydrogen-bond donors (Lipinski definition) is 2. The van der Waals surface area contributed by atoms with E-state index in [4.69, 9.17) is 5.73 Å². The molecular weight excluding hydrogens is 294 g/mol. The second-order valence-corrected chi connectivity index (χ2v) is 7.15. The van der Waals surface area contributed by atoms with Crippen LogP contribution in [0.25, 0.3) is 0 Å². The topological polar surface area (TPSA) is 115 Å². The summed E-state index contributed by atoms with van der Waals surface area (Å²) >= 11 is 0. The van der Waals surface area contributed by atoms with E-state index >= 15 is 0 Å². The van der Waals surface area contributed by atoms with E-state index in [0.717, 1.165) is 37.8 Å². The highest BCUT2D eigenvalue weighted by Gasteiger charge is 2.28. The van der Waals surface area contributed by atoms with Crippen LogP contribution in [0.15, 0.2) is 23.1 Å². The normalized spacial score (nSPS) is 22.9. The van der Waals surface area contributed by atoms with E-state index in [9.17, 15) is 18.5 Å². The van der Waals surface area contributed by atoms with Crippen molar-refractivity contribution in [1.29, 1.82) is 0 Å². The Labute approximate surface area is 123 Å². The molecule has 0 aliphatic heterocycles. The third-order valence-corrected chi connectivity index (χ3v) is 5.48. The van der Waals surface area contributed by atoms with Crippen LogP contribution in [0.2, 0.25) is 0 Å². The van der Waals surface area contributed by atoms with Crippen molar-refractivity contribution in [3.8, 4) is 0 Å². The molecule has 3 N–H and O–H groups in total. The van der Waals surface area contributed by atoms with Gasteiger partial charge in [-0.05, 0) is 24.8 Å². The van der Waals surface area contributed by atoms with Crippen molar-refractivity contribution in [2.75, 3.05) is 5.73 Å². The van der Waals surface area contributed by atoms with E-state index in [1.807, 2.05) is 6.92 Å². The fraction of sp³-hybridized carbons (Fsp3) is 0.538. The molecule has 0 radical (unpaired) electrons. The van der Waals surface area contributed by atoms with E-state index < -0.39 is 14.9 Å². The van der Waals surface area contributed by atoms with Crippen molar-refractivity contribution < 1.29 is 13.3 Å². The van der Waals surface area contributed by atoms with Crippen LogP contribution in [0.5, 0.6) is 0 Å². The lowest BCUT2D eigenvalue weighted by atomic mass is 9.87. The van der Waals surface area contributed by atoms with Crippen LogP contribution in [-0.2, 0) is 10.0 Å². The van der Waals surface area contributed by atoms with Crippen molar-refractivity contribution in [2.45, 2.75) is 43.5 Å². The first kappa shape index (κ1) is 15.7. The van der Waals surface area contributed by atoms with Crippen LogP contribution >= 0.6 is 0 Å². The number of hydrogen-bond acceptors (Lipinski definition) is 5. The number of sulfonamides is 1. The molecule has 1 aromatic rings. The molecular formula is C13H19N3O4S. The zero-order valence-electron chi connectivity index (χ0n) is 11.8. The lowest BCUT2D eigenvalue weighted by molar-refractivity contribution is -0.384. The van der Waals surface area contributed by atoms with Gasteiger partial charge in [-0.1, -0.05) is 19.8 Å². The lowest BCUT2D eigenvalue weighted by Crippen LogP contribution is -2.41. The molecule has 21 heavy (non-hydrogen) atoms. The van der Waals surface area contributed by atoms with E-state index in [1.54, 1.807) is 0 Å². The Morgan fingerprint density at radius 2 is 2.00 bits per heavy atom. The molecule has 0 amide bonds. The summed E-state index contributed by atoms with van der Waals surface area (Å²) in [6, 6.07) is 3.29. The van der Waals surface area contributed by atoms with Crippen LogP contribution in [0.3, 0.4) is 0 Å². The highest BCUT2D eigenvalue weighted by molar-refractivity contribution is 7.89. The fourth-order valence-corrected chi connectivity index (χ4v) is 4.14. The van der Waals surface area contributed by atoms with Gasteiger partial charge in [0, 0.05) is 18.2 Å². The first-order valence-corrected chi connectivity index (χ1v) is 8.36. The predicted octanol–water partition coefficient (Wildman–Crippen LogP) is 2.03. The maximum Gasteiger partial charge on any atom is 0.271 e. The summed E-state index contributed by atoms with van der Waals surface area (Å²) in [5, 5.41) is 10.7. The Morgan fingerprint density at radius 3 is 2.57 bits per heavy atom. The van der Waals surface area contributed by atoms with E-state index in [0.29, 0.717) is 0 Å². The summed E-state index contributed by atoms with van der Waals surface area (Å²) in [5.41, 5.74) is 5.33. The van der Waals surface area contributed by atoms with Gasteiger partial charge in [0.2, 0.25) is 10.0 Å². The second kappa shape index (κ2) is 5.98. The van der Waals surface area contributed by atoms with Crippen molar-refractivity contribution in [3.63, 3.8) is 0 Å². The Balaban J connectivity index is 2.25. The number of nitrogens with one attached hydrogen (secondary N) is 1. The van der Waals surface area contributed by atoms with Gasteiger partial charge < -0.3 is 5.73 Å². The SMILES string of the molecule is CC1CCCCC1NS(=O)(=O)c1ccc([N+](=O)[O-])cc1N. The maximum atomic E-state index is 12.4. The van der Waals surface area contributed by atoms with E-state index in [2.05, 4.69) is 4.72 Å². The van der Waals surface area contributed by atoms with Crippen molar-refractivity contribution in [2.24, 2.45) is 5.92 Å². The molecule has 7 nitrogen and oxygen atoms in total. The van der Waals surface area contributed by atoms with Gasteiger partial charge >= 0.3 is 0 Å². The first-order chi connectivity index (χ1) is 9.81. The average molecular weight is 313 g/mol. The number of benzene rings is 1. The van der Waals surface area contributed by atoms with Gasteiger partial charge in [-0.15, -0.1) is 0 Å². The van der Waals surface area contributed by atoms with E-state index in [-0.39, 0.29) is 28.2 Å². The summed E-state index contributed by atoms with van der Waals surface area (Å²) in [7, 11) is -3.76. The molecule has 0 aromatic heterocycles. The largest absolute Gasteiger partial charge is 0.397 e. The van der Waals surface area contributed by atoms with Crippen LogP contribution < -0.4 is 10.5 Å². The quantitative estimate of drug-likeness (QED) is 0.501. The van der Waals surface area contributed by atoms with Gasteiger partial charge in [0.25, 0.3) is 5.69 Å². The second-order valence-electron chi connectivity index (χ2n) is 5.47. The molecule has 2 rings (SSSR count). The zero-order chi connectivity index (χ0) is 15.6. The standard InChI is InChI=1S/C13H19N3O4S/c1-9-4-2-3-5-12(9)15-21(19,20)13-7-6-10(16(17)18)8-11(13)14/h6-9,12,15H,2-5,14H2,1H3. The monoisotopic (exact) mass is 313 g/mol. The Morgan fingerprint density at radius 1 is 1.33 bits per heavy atom. The van der Waals surface area contributed by atoms with Gasteiger partial charge in [0.1, 0.15) is 4.90 Å². The fourth-order valence-electron chi connectivity index (χ4n) is 2.65. The molecule has 0 bridgehead atoms. The molecule has 0 heterocycles. The zero-order valence-corrected chi connectivity index (χ0v) is 12.6. The average Bonchev–Trinajstić information content (AvgIpc) is 2.40. The summed E-state index contributed by atoms with van der Waals surface area (Å²) in [6.45, 7) is 2.02. The minimum atomic E-state index is -3.76. The van der Waals surface area contributed by atoms with Crippen LogP contribution in [0.4, 0.5) is 11.4 Å². The minimum absolute atomic E-state index is 0.106. The van der Waals surface area contributed by atoms with Crippen molar-refractivity contribution >= 4 is 21.4 Å². The third-order valence-electron chi connectivity index (χ3n) is 3.91. The molecule has 1 aromatic carbocycles. The molecule has 2 atom stereocenters. The van der Waals surface area contributed by atoms with Crippen molar-refractivity contribution in [3.05, 3.63) is 28.3 Å². The molecule has 1 aliphatic rings. The summed E-state index contributed by atoms with van der Waals surface area (Å²) in [5.74, 6) is 0.271. The molecule has 0 saturated heterocycles. The number of non-ortho nitro benzene ring substituents is 1. The highest BCUT2D eigenvalue weighted by Crippen LogP contribution is 2.28. The third kappa shape index (κ3) is 3.51. The number of anilines is 1. The van der Waals surface area contributed by atoms with Crippen molar-refractivity contribution in [1.82, 2.24) is 4.72 Å². The molecule has 116 valence electrons. The molecule has 1 fully saturated rings. The van der Waals surface area contributed by atoms with Crippen LogP contribution in [-0.4, -0.2) is 19.4 Å². The predicted molar refractivity (Wildman–Crippen MR) is 79.3 cm³/mol. The van der Waals surface area contributed by atoms with Gasteiger partial charge in [0.05, 0.1) is 10.6 Å². The van der Waals surface area contributed by atoms with Crippen LogP contribution in [0, 0.1) is 16.0 Å². The summed E-state index contributed by atoms with van der Waals surface area (Å²) < 4.78 is 27.4. The number of nitro benzene ring substituents is 1.